The summed E-state index contributed by atoms with van der Waals surface area (Å²) in [6.45, 7) is 3.85. The van der Waals surface area contributed by atoms with Gasteiger partial charge in [0.25, 0.3) is 5.91 Å². The second-order valence-corrected chi connectivity index (χ2v) is 7.65. The molecule has 0 heterocycles. The Bertz CT molecular complexity index is 750. The lowest BCUT2D eigenvalue weighted by Gasteiger charge is -2.14. The van der Waals surface area contributed by atoms with Crippen LogP contribution in [-0.2, 0) is 4.79 Å². The van der Waals surface area contributed by atoms with Crippen molar-refractivity contribution >= 4 is 35.0 Å². The molecular formula is C18H22Cl2N2O5. The third kappa shape index (κ3) is 4.42. The van der Waals surface area contributed by atoms with Crippen LogP contribution in [0.3, 0.4) is 0 Å². The molecule has 9 heteroatoms. The van der Waals surface area contributed by atoms with Gasteiger partial charge in [0.15, 0.2) is 11.5 Å². The standard InChI is InChI=1S/C18H22Cl2N2O5/c1-18(2)10(8-13(19)20)14(18)17(24)22-21-16(23)9-6-11(25-3)15(27-5)12(7-9)26-4/h6-8,10,14H,1-5H3,(H,21,23)(H,22,24)/t10-,14+/m1/s1. The van der Waals surface area contributed by atoms with Gasteiger partial charge < -0.3 is 14.2 Å². The largest absolute Gasteiger partial charge is 0.493 e. The van der Waals surface area contributed by atoms with Gasteiger partial charge in [0.1, 0.15) is 4.49 Å². The summed E-state index contributed by atoms with van der Waals surface area (Å²) in [5, 5.41) is 0. The quantitative estimate of drug-likeness (QED) is 0.695. The highest BCUT2D eigenvalue weighted by Crippen LogP contribution is 2.59. The molecule has 1 saturated carbocycles. The van der Waals surface area contributed by atoms with E-state index in [0.717, 1.165) is 0 Å². The van der Waals surface area contributed by atoms with E-state index in [2.05, 4.69) is 10.9 Å². The maximum atomic E-state index is 12.4. The van der Waals surface area contributed by atoms with E-state index < -0.39 is 5.91 Å². The maximum absolute atomic E-state index is 12.4. The molecule has 0 spiro atoms. The Labute approximate surface area is 167 Å². The van der Waals surface area contributed by atoms with Crippen molar-refractivity contribution in [2.75, 3.05) is 21.3 Å². The van der Waals surface area contributed by atoms with Gasteiger partial charge in [0.2, 0.25) is 11.7 Å². The fourth-order valence-electron chi connectivity index (χ4n) is 3.11. The van der Waals surface area contributed by atoms with Gasteiger partial charge in [0, 0.05) is 5.56 Å². The summed E-state index contributed by atoms with van der Waals surface area (Å²) < 4.78 is 15.8. The van der Waals surface area contributed by atoms with Crippen molar-refractivity contribution < 1.29 is 23.8 Å². The fourth-order valence-corrected chi connectivity index (χ4v) is 3.38. The molecule has 2 N–H and O–H groups in total. The van der Waals surface area contributed by atoms with Gasteiger partial charge in [-0.3, -0.25) is 20.4 Å². The molecule has 2 rings (SSSR count). The zero-order valence-electron chi connectivity index (χ0n) is 15.7. The molecule has 1 aliphatic carbocycles. The first-order valence-corrected chi connectivity index (χ1v) is 8.86. The van der Waals surface area contributed by atoms with E-state index in [-0.39, 0.29) is 33.2 Å². The summed E-state index contributed by atoms with van der Waals surface area (Å²) in [5.41, 5.74) is 4.77. The second-order valence-electron chi connectivity index (χ2n) is 6.64. The van der Waals surface area contributed by atoms with Crippen molar-refractivity contribution in [3.05, 3.63) is 28.3 Å². The van der Waals surface area contributed by atoms with Crippen LogP contribution in [0.1, 0.15) is 24.2 Å². The molecule has 1 aromatic rings. The number of carbonyl (C=O) groups is 2. The topological polar surface area (TPSA) is 85.9 Å². The first-order chi connectivity index (χ1) is 12.7. The predicted octanol–water partition coefficient (Wildman–Crippen LogP) is 3.06. The van der Waals surface area contributed by atoms with Gasteiger partial charge >= 0.3 is 0 Å². The Morgan fingerprint density at radius 1 is 1.04 bits per heavy atom. The number of hydrogen-bond donors (Lipinski definition) is 2. The van der Waals surface area contributed by atoms with E-state index in [9.17, 15) is 9.59 Å². The lowest BCUT2D eigenvalue weighted by Crippen LogP contribution is -2.43. The number of benzene rings is 1. The number of methoxy groups -OCH3 is 3. The molecule has 148 valence electrons. The van der Waals surface area contributed by atoms with Crippen LogP contribution in [0.2, 0.25) is 0 Å². The van der Waals surface area contributed by atoms with Crippen molar-refractivity contribution in [3.8, 4) is 17.2 Å². The molecule has 1 fully saturated rings. The van der Waals surface area contributed by atoms with Crippen LogP contribution in [0.25, 0.3) is 0 Å². The second kappa shape index (κ2) is 8.27. The molecule has 0 radical (unpaired) electrons. The summed E-state index contributed by atoms with van der Waals surface area (Å²) in [5.74, 6) is -0.254. The lowest BCUT2D eigenvalue weighted by atomic mass is 10.1. The Hall–Kier alpha value is -2.12. The molecule has 0 saturated heterocycles. The predicted molar refractivity (Wildman–Crippen MR) is 102 cm³/mol. The summed E-state index contributed by atoms with van der Waals surface area (Å²) in [7, 11) is 4.37. The number of halogens is 2. The molecule has 2 amide bonds. The lowest BCUT2D eigenvalue weighted by molar-refractivity contribution is -0.123. The van der Waals surface area contributed by atoms with Gasteiger partial charge in [-0.05, 0) is 29.5 Å². The van der Waals surface area contributed by atoms with Crippen LogP contribution in [0.4, 0.5) is 0 Å². The third-order valence-corrected chi connectivity index (χ3v) is 4.98. The number of carbonyl (C=O) groups excluding carboxylic acids is 2. The Morgan fingerprint density at radius 2 is 1.59 bits per heavy atom. The van der Waals surface area contributed by atoms with E-state index in [1.807, 2.05) is 13.8 Å². The molecule has 1 aliphatic rings. The van der Waals surface area contributed by atoms with Crippen molar-refractivity contribution in [2.24, 2.45) is 17.3 Å². The van der Waals surface area contributed by atoms with Gasteiger partial charge in [-0.25, -0.2) is 0 Å². The number of amides is 2. The van der Waals surface area contributed by atoms with E-state index in [0.29, 0.717) is 17.2 Å². The minimum absolute atomic E-state index is 0.0967. The Balaban J connectivity index is 2.08. The molecule has 0 aromatic heterocycles. The molecule has 2 atom stereocenters. The third-order valence-electron chi connectivity index (χ3n) is 4.72. The van der Waals surface area contributed by atoms with E-state index in [1.165, 1.54) is 33.5 Å². The van der Waals surface area contributed by atoms with Crippen LogP contribution in [0.15, 0.2) is 22.7 Å². The van der Waals surface area contributed by atoms with Gasteiger partial charge in [0.05, 0.1) is 27.2 Å². The zero-order valence-corrected chi connectivity index (χ0v) is 17.2. The monoisotopic (exact) mass is 416 g/mol. The SMILES string of the molecule is COc1cc(C(=O)NNC(=O)[C@@H]2[C@@H](C=C(Cl)Cl)C2(C)C)cc(OC)c1OC. The maximum Gasteiger partial charge on any atom is 0.269 e. The number of allylic oxidation sites excluding steroid dienone is 1. The highest BCUT2D eigenvalue weighted by Gasteiger charge is 2.60. The van der Waals surface area contributed by atoms with Crippen LogP contribution >= 0.6 is 23.2 Å². The summed E-state index contributed by atoms with van der Waals surface area (Å²) >= 11 is 11.4. The zero-order chi connectivity index (χ0) is 20.4. The van der Waals surface area contributed by atoms with E-state index in [1.54, 1.807) is 6.08 Å². The van der Waals surface area contributed by atoms with Crippen LogP contribution in [0, 0.1) is 17.3 Å². The molecule has 0 aliphatic heterocycles. The number of ether oxygens (including phenoxy) is 3. The van der Waals surface area contributed by atoms with Gasteiger partial charge in [-0.15, -0.1) is 0 Å². The average molecular weight is 417 g/mol. The average Bonchev–Trinajstić information content (AvgIpc) is 3.16. The van der Waals surface area contributed by atoms with Crippen molar-refractivity contribution in [2.45, 2.75) is 13.8 Å². The highest BCUT2D eigenvalue weighted by atomic mass is 35.5. The number of rotatable bonds is 6. The van der Waals surface area contributed by atoms with Gasteiger partial charge in [-0.1, -0.05) is 37.0 Å². The summed E-state index contributed by atoms with van der Waals surface area (Å²) in [6.07, 6.45) is 1.63. The highest BCUT2D eigenvalue weighted by molar-refractivity contribution is 6.55. The molecule has 7 nitrogen and oxygen atoms in total. The molecule has 0 bridgehead atoms. The van der Waals surface area contributed by atoms with E-state index in [4.69, 9.17) is 37.4 Å². The molecular weight excluding hydrogens is 395 g/mol. The first kappa shape index (κ1) is 21.2. The van der Waals surface area contributed by atoms with Gasteiger partial charge in [-0.2, -0.15) is 0 Å². The Morgan fingerprint density at radius 3 is 2.04 bits per heavy atom. The van der Waals surface area contributed by atoms with Crippen molar-refractivity contribution in [1.29, 1.82) is 0 Å². The number of hydrazine groups is 1. The van der Waals surface area contributed by atoms with Crippen LogP contribution in [-0.4, -0.2) is 33.1 Å². The number of nitrogens with one attached hydrogen (secondary N) is 2. The molecule has 27 heavy (non-hydrogen) atoms. The molecule has 1 aromatic carbocycles. The smallest absolute Gasteiger partial charge is 0.269 e. The number of hydrogen-bond acceptors (Lipinski definition) is 5. The first-order valence-electron chi connectivity index (χ1n) is 8.10. The van der Waals surface area contributed by atoms with Crippen molar-refractivity contribution in [1.82, 2.24) is 10.9 Å². The van der Waals surface area contributed by atoms with Crippen LogP contribution < -0.4 is 25.1 Å². The van der Waals surface area contributed by atoms with E-state index >= 15 is 0 Å². The Kier molecular flexibility index (Phi) is 6.49. The summed E-state index contributed by atoms with van der Waals surface area (Å²) in [6, 6.07) is 2.98. The normalized spacial score (nSPS) is 19.5. The summed E-state index contributed by atoms with van der Waals surface area (Å²) in [4.78, 5) is 24.8. The minimum Gasteiger partial charge on any atom is -0.493 e. The minimum atomic E-state index is -0.525. The fraction of sp³-hybridized carbons (Fsp3) is 0.444. The molecule has 0 unspecified atom stereocenters. The van der Waals surface area contributed by atoms with Crippen molar-refractivity contribution in [3.63, 3.8) is 0 Å². The van der Waals surface area contributed by atoms with Crippen LogP contribution in [0.5, 0.6) is 17.2 Å².